The summed E-state index contributed by atoms with van der Waals surface area (Å²) in [5, 5.41) is 0.544. The molecule has 0 aromatic carbocycles. The smallest absolute Gasteiger partial charge is 0.330 e. The normalized spacial score (nSPS) is 18.6. The average Bonchev–Trinajstić information content (AvgIpc) is 2.87. The Morgan fingerprint density at radius 3 is 2.67 bits per heavy atom. The van der Waals surface area contributed by atoms with Crippen molar-refractivity contribution in [2.24, 2.45) is 4.99 Å². The second kappa shape index (κ2) is 4.91. The third kappa shape index (κ3) is 2.68. The van der Waals surface area contributed by atoms with Gasteiger partial charge < -0.3 is 4.84 Å². The van der Waals surface area contributed by atoms with Crippen LogP contribution in [0.4, 0.5) is 0 Å². The molecule has 0 aromatic heterocycles. The van der Waals surface area contributed by atoms with Crippen molar-refractivity contribution in [1.82, 2.24) is 5.06 Å². The van der Waals surface area contributed by atoms with Crippen LogP contribution in [0, 0.1) is 0 Å². The first-order valence-electron chi connectivity index (χ1n) is 5.46. The zero-order valence-electron chi connectivity index (χ0n) is 9.66. The van der Waals surface area contributed by atoms with E-state index < -0.39 is 17.8 Å². The first-order valence-corrected chi connectivity index (χ1v) is 5.46. The van der Waals surface area contributed by atoms with Crippen LogP contribution in [0.2, 0.25) is 0 Å². The molecule has 0 aliphatic carbocycles. The molecule has 0 spiro atoms. The number of allylic oxidation sites excluding steroid dienone is 1. The maximum absolute atomic E-state index is 11.5. The van der Waals surface area contributed by atoms with Gasteiger partial charge in [-0.25, -0.2) is 9.37 Å². The van der Waals surface area contributed by atoms with E-state index in [1.165, 1.54) is 10.9 Å². The molecule has 0 bridgehead atoms. The molecule has 0 radical (unpaired) electrons. The molecule has 0 aromatic rings. The monoisotopic (exact) mass is 250 g/mol. The van der Waals surface area contributed by atoms with Crippen molar-refractivity contribution in [2.45, 2.75) is 25.7 Å². The standard InChI is InChI=1S/C11H12N3O4/c1-13-6-8(12-7-13)2-5-11(17)18-14-9(15)3-4-10(14)16/h6-7H,1-5H2/q+1. The predicted octanol–water partition coefficient (Wildman–Crippen LogP) is -0.0298. The Morgan fingerprint density at radius 2 is 2.11 bits per heavy atom. The number of nitrogens with zero attached hydrogens (tertiary/aromatic N) is 3. The van der Waals surface area contributed by atoms with Crippen molar-refractivity contribution in [2.75, 3.05) is 0 Å². The highest BCUT2D eigenvalue weighted by Crippen LogP contribution is 2.15. The molecule has 1 fully saturated rings. The van der Waals surface area contributed by atoms with Gasteiger partial charge >= 0.3 is 5.97 Å². The van der Waals surface area contributed by atoms with Crippen LogP contribution in [0.3, 0.4) is 0 Å². The SMILES string of the molecule is C=[N+]1C=NC(CCC(=O)ON2C(=O)CCC2=O)=C1. The van der Waals surface area contributed by atoms with E-state index in [0.717, 1.165) is 0 Å². The van der Waals surface area contributed by atoms with Gasteiger partial charge in [0.15, 0.2) is 5.70 Å². The van der Waals surface area contributed by atoms with Crippen LogP contribution in [0.15, 0.2) is 16.9 Å². The summed E-state index contributed by atoms with van der Waals surface area (Å²) < 4.78 is 1.52. The summed E-state index contributed by atoms with van der Waals surface area (Å²) in [5.41, 5.74) is 0.695. The Balaban J connectivity index is 1.81. The Labute approximate surface area is 103 Å². The van der Waals surface area contributed by atoms with Crippen LogP contribution in [0.5, 0.6) is 0 Å². The second-order valence-corrected chi connectivity index (χ2v) is 3.92. The predicted molar refractivity (Wildman–Crippen MR) is 60.4 cm³/mol. The zero-order valence-corrected chi connectivity index (χ0v) is 9.66. The Bertz CT molecular complexity index is 477. The van der Waals surface area contributed by atoms with E-state index in [9.17, 15) is 14.4 Å². The fraction of sp³-hybridized carbons (Fsp3) is 0.364. The third-order valence-electron chi connectivity index (χ3n) is 2.47. The Kier molecular flexibility index (Phi) is 3.31. The number of hydrogen-bond donors (Lipinski definition) is 0. The zero-order chi connectivity index (χ0) is 13.1. The lowest BCUT2D eigenvalue weighted by molar-refractivity contribution is -0.298. The fourth-order valence-corrected chi connectivity index (χ4v) is 1.57. The highest BCUT2D eigenvalue weighted by Gasteiger charge is 2.32. The Morgan fingerprint density at radius 1 is 1.44 bits per heavy atom. The van der Waals surface area contributed by atoms with Crippen molar-refractivity contribution >= 4 is 30.8 Å². The maximum Gasteiger partial charge on any atom is 0.333 e. The van der Waals surface area contributed by atoms with Gasteiger partial charge in [0.1, 0.15) is 6.20 Å². The molecule has 18 heavy (non-hydrogen) atoms. The Hall–Kier alpha value is -2.31. The highest BCUT2D eigenvalue weighted by atomic mass is 16.7. The van der Waals surface area contributed by atoms with Crippen LogP contribution >= 0.6 is 0 Å². The van der Waals surface area contributed by atoms with Gasteiger partial charge in [-0.3, -0.25) is 9.59 Å². The van der Waals surface area contributed by atoms with Crippen molar-refractivity contribution in [3.8, 4) is 0 Å². The van der Waals surface area contributed by atoms with Crippen molar-refractivity contribution in [1.29, 1.82) is 0 Å². The second-order valence-electron chi connectivity index (χ2n) is 3.92. The minimum absolute atomic E-state index is 0.0497. The molecule has 0 saturated carbocycles. The van der Waals surface area contributed by atoms with Gasteiger partial charge in [0.25, 0.3) is 18.2 Å². The topological polar surface area (TPSA) is 79.1 Å². The minimum atomic E-state index is -0.628. The van der Waals surface area contributed by atoms with E-state index >= 15 is 0 Å². The quantitative estimate of drug-likeness (QED) is 0.518. The van der Waals surface area contributed by atoms with Gasteiger partial charge in [0.2, 0.25) is 0 Å². The lowest BCUT2D eigenvalue weighted by Gasteiger charge is -2.11. The van der Waals surface area contributed by atoms with E-state index in [2.05, 4.69) is 11.7 Å². The molecule has 2 heterocycles. The number of amides is 2. The molecule has 2 amide bonds. The van der Waals surface area contributed by atoms with Crippen LogP contribution in [-0.2, 0) is 19.2 Å². The molecule has 7 heteroatoms. The summed E-state index contributed by atoms with van der Waals surface area (Å²) in [5.74, 6) is -1.58. The lowest BCUT2D eigenvalue weighted by atomic mass is 10.2. The van der Waals surface area contributed by atoms with Crippen molar-refractivity contribution in [3.63, 3.8) is 0 Å². The van der Waals surface area contributed by atoms with E-state index in [1.807, 2.05) is 0 Å². The van der Waals surface area contributed by atoms with Crippen molar-refractivity contribution in [3.05, 3.63) is 11.9 Å². The summed E-state index contributed by atoms with van der Waals surface area (Å²) in [6.07, 6.45) is 3.81. The molecule has 2 rings (SSSR count). The number of aliphatic imine (C=N–C) groups is 1. The van der Waals surface area contributed by atoms with Gasteiger partial charge in [0, 0.05) is 19.3 Å². The van der Waals surface area contributed by atoms with E-state index in [4.69, 9.17) is 4.84 Å². The molecular weight excluding hydrogens is 238 g/mol. The summed E-state index contributed by atoms with van der Waals surface area (Å²) in [6, 6.07) is 0. The number of carbonyl (C=O) groups excluding carboxylic acids is 3. The van der Waals surface area contributed by atoms with Gasteiger partial charge in [-0.1, -0.05) is 0 Å². The summed E-state index contributed by atoms with van der Waals surface area (Å²) in [4.78, 5) is 42.6. The fourth-order valence-electron chi connectivity index (χ4n) is 1.57. The van der Waals surface area contributed by atoms with Gasteiger partial charge in [0.05, 0.1) is 13.1 Å². The molecule has 2 aliphatic heterocycles. The number of carbonyl (C=O) groups is 3. The van der Waals surface area contributed by atoms with Crippen LogP contribution in [-0.4, -0.2) is 40.5 Å². The molecule has 2 aliphatic rings. The van der Waals surface area contributed by atoms with E-state index in [0.29, 0.717) is 17.2 Å². The average molecular weight is 250 g/mol. The van der Waals surface area contributed by atoms with Crippen LogP contribution in [0.1, 0.15) is 25.7 Å². The van der Waals surface area contributed by atoms with Crippen LogP contribution in [0.25, 0.3) is 0 Å². The summed E-state index contributed by atoms with van der Waals surface area (Å²) in [6.45, 7) is 3.61. The van der Waals surface area contributed by atoms with Gasteiger partial charge in [-0.05, 0) is 4.99 Å². The molecule has 0 unspecified atom stereocenters. The lowest BCUT2D eigenvalue weighted by Crippen LogP contribution is -2.31. The molecule has 7 nitrogen and oxygen atoms in total. The number of hydrogen-bond acceptors (Lipinski definition) is 5. The molecule has 94 valence electrons. The molecule has 0 N–H and O–H groups in total. The first kappa shape index (κ1) is 12.2. The number of imide groups is 1. The summed E-state index contributed by atoms with van der Waals surface area (Å²) in [7, 11) is 0. The van der Waals surface area contributed by atoms with E-state index in [-0.39, 0.29) is 19.3 Å². The molecule has 0 atom stereocenters. The largest absolute Gasteiger partial charge is 0.333 e. The summed E-state index contributed by atoms with van der Waals surface area (Å²) >= 11 is 0. The molecular formula is C11H12N3O4+. The van der Waals surface area contributed by atoms with Gasteiger partial charge in [-0.2, -0.15) is 0 Å². The maximum atomic E-state index is 11.5. The van der Waals surface area contributed by atoms with Gasteiger partial charge in [-0.15, -0.1) is 5.06 Å². The highest BCUT2D eigenvalue weighted by molar-refractivity contribution is 6.01. The third-order valence-corrected chi connectivity index (χ3v) is 2.47. The molecule has 1 saturated heterocycles. The number of hydroxylamine groups is 2. The van der Waals surface area contributed by atoms with Crippen LogP contribution < -0.4 is 0 Å². The minimum Gasteiger partial charge on any atom is -0.330 e. The van der Waals surface area contributed by atoms with E-state index in [1.54, 1.807) is 6.20 Å². The first-order chi connectivity index (χ1) is 8.56. The van der Waals surface area contributed by atoms with Crippen molar-refractivity contribution < 1.29 is 23.8 Å². The number of rotatable bonds is 4.